The summed E-state index contributed by atoms with van der Waals surface area (Å²) < 4.78 is 1.13. The van der Waals surface area contributed by atoms with Crippen molar-refractivity contribution >= 4 is 27.3 Å². The maximum Gasteiger partial charge on any atom is 0.0613 e. The highest BCUT2D eigenvalue weighted by atomic mass is 79.9. The highest BCUT2D eigenvalue weighted by Gasteiger charge is 2.36. The van der Waals surface area contributed by atoms with E-state index in [9.17, 15) is 0 Å². The average Bonchev–Trinajstić information content (AvgIpc) is 2.76. The summed E-state index contributed by atoms with van der Waals surface area (Å²) in [5.74, 6) is 0.905. The van der Waals surface area contributed by atoms with Crippen molar-refractivity contribution < 1.29 is 0 Å². The van der Waals surface area contributed by atoms with Crippen molar-refractivity contribution in [2.24, 2.45) is 5.92 Å². The van der Waals surface area contributed by atoms with E-state index in [1.54, 1.807) is 0 Å². The number of nitrogens with two attached hydrogens (primary N) is 1. The monoisotopic (exact) mass is 294 g/mol. The van der Waals surface area contributed by atoms with Crippen LogP contribution in [0, 0.1) is 5.92 Å². The van der Waals surface area contributed by atoms with Gasteiger partial charge in [-0.2, -0.15) is 0 Å². The Kier molecular flexibility index (Phi) is 3.03. The van der Waals surface area contributed by atoms with Crippen molar-refractivity contribution in [2.75, 3.05) is 17.2 Å². The lowest BCUT2D eigenvalue weighted by Gasteiger charge is -2.33. The summed E-state index contributed by atoms with van der Waals surface area (Å²) in [6.07, 6.45) is 6.90. The summed E-state index contributed by atoms with van der Waals surface area (Å²) in [7, 11) is 0. The molecular formula is C14H19BrN2. The Morgan fingerprint density at radius 3 is 2.88 bits per heavy atom. The molecule has 2 fully saturated rings. The molecule has 17 heavy (non-hydrogen) atoms. The normalized spacial score (nSPS) is 28.2. The molecule has 1 aliphatic carbocycles. The van der Waals surface area contributed by atoms with E-state index < -0.39 is 0 Å². The molecule has 2 atom stereocenters. The molecule has 92 valence electrons. The number of halogens is 1. The molecule has 3 rings (SSSR count). The van der Waals surface area contributed by atoms with Crippen LogP contribution in [-0.4, -0.2) is 12.6 Å². The van der Waals surface area contributed by atoms with Gasteiger partial charge in [0.2, 0.25) is 0 Å². The quantitative estimate of drug-likeness (QED) is 0.798. The van der Waals surface area contributed by atoms with Gasteiger partial charge in [0.25, 0.3) is 0 Å². The number of nitrogens with zero attached hydrogens (tertiary/aromatic N) is 1. The molecule has 1 aliphatic heterocycles. The van der Waals surface area contributed by atoms with Crippen LogP contribution in [-0.2, 0) is 0 Å². The molecule has 3 heteroatoms. The zero-order valence-electron chi connectivity index (χ0n) is 10.0. The fourth-order valence-corrected chi connectivity index (χ4v) is 3.82. The fourth-order valence-electron chi connectivity index (χ4n) is 3.47. The largest absolute Gasteiger partial charge is 0.397 e. The smallest absolute Gasteiger partial charge is 0.0613 e. The van der Waals surface area contributed by atoms with Gasteiger partial charge < -0.3 is 10.6 Å². The summed E-state index contributed by atoms with van der Waals surface area (Å²) >= 11 is 3.55. The molecule has 1 aromatic rings. The van der Waals surface area contributed by atoms with Gasteiger partial charge in [0.15, 0.2) is 0 Å². The van der Waals surface area contributed by atoms with Crippen LogP contribution >= 0.6 is 15.9 Å². The van der Waals surface area contributed by atoms with E-state index in [0.29, 0.717) is 0 Å². The Hall–Kier alpha value is -0.700. The molecule has 2 aliphatic rings. The van der Waals surface area contributed by atoms with Crippen molar-refractivity contribution in [3.8, 4) is 0 Å². The fraction of sp³-hybridized carbons (Fsp3) is 0.571. The summed E-state index contributed by atoms with van der Waals surface area (Å²) in [6, 6.07) is 6.94. The third-order valence-electron chi connectivity index (χ3n) is 4.31. The highest BCUT2D eigenvalue weighted by molar-refractivity contribution is 9.10. The second kappa shape index (κ2) is 4.52. The van der Waals surface area contributed by atoms with E-state index in [4.69, 9.17) is 5.73 Å². The lowest BCUT2D eigenvalue weighted by Crippen LogP contribution is -2.35. The Morgan fingerprint density at radius 2 is 2.00 bits per heavy atom. The van der Waals surface area contributed by atoms with Gasteiger partial charge in [-0.1, -0.05) is 28.8 Å². The molecule has 1 saturated heterocycles. The highest BCUT2D eigenvalue weighted by Crippen LogP contribution is 2.41. The minimum absolute atomic E-state index is 0.736. The number of rotatable bonds is 1. The van der Waals surface area contributed by atoms with Gasteiger partial charge >= 0.3 is 0 Å². The molecule has 0 spiro atoms. The third-order valence-corrected chi connectivity index (χ3v) is 4.81. The van der Waals surface area contributed by atoms with Crippen LogP contribution in [0.3, 0.4) is 0 Å². The van der Waals surface area contributed by atoms with Gasteiger partial charge in [0.1, 0.15) is 0 Å². The Bertz CT molecular complexity index is 419. The standard InChI is InChI=1S/C14H19BrN2/c15-11-5-6-12(16)14(9-11)17-8-7-10-3-1-2-4-13(10)17/h5-6,9-10,13H,1-4,7-8,16H2. The van der Waals surface area contributed by atoms with Crippen LogP contribution in [0.5, 0.6) is 0 Å². The number of nitrogen functional groups attached to an aromatic ring is 1. The van der Waals surface area contributed by atoms with Crippen molar-refractivity contribution in [2.45, 2.75) is 38.1 Å². The molecule has 1 aromatic carbocycles. The number of anilines is 2. The van der Waals surface area contributed by atoms with E-state index in [2.05, 4.69) is 26.9 Å². The maximum atomic E-state index is 6.13. The number of benzene rings is 1. The maximum absolute atomic E-state index is 6.13. The minimum Gasteiger partial charge on any atom is -0.397 e. The topological polar surface area (TPSA) is 29.3 Å². The van der Waals surface area contributed by atoms with Crippen LogP contribution in [0.2, 0.25) is 0 Å². The lowest BCUT2D eigenvalue weighted by atomic mass is 9.85. The first kappa shape index (κ1) is 11.4. The summed E-state index contributed by atoms with van der Waals surface area (Å²) in [5.41, 5.74) is 8.28. The zero-order chi connectivity index (χ0) is 11.8. The predicted octanol–water partition coefficient (Wildman–Crippen LogP) is 3.80. The van der Waals surface area contributed by atoms with Crippen molar-refractivity contribution in [1.82, 2.24) is 0 Å². The molecular weight excluding hydrogens is 276 g/mol. The lowest BCUT2D eigenvalue weighted by molar-refractivity contribution is 0.342. The molecule has 0 amide bonds. The first-order valence-corrected chi connectivity index (χ1v) is 7.36. The number of hydrogen-bond donors (Lipinski definition) is 1. The Labute approximate surface area is 111 Å². The van der Waals surface area contributed by atoms with Gasteiger partial charge in [-0.3, -0.25) is 0 Å². The van der Waals surface area contributed by atoms with E-state index in [-0.39, 0.29) is 0 Å². The molecule has 0 bridgehead atoms. The Morgan fingerprint density at radius 1 is 1.18 bits per heavy atom. The first-order valence-electron chi connectivity index (χ1n) is 6.57. The van der Waals surface area contributed by atoms with Crippen LogP contribution in [0.15, 0.2) is 22.7 Å². The van der Waals surface area contributed by atoms with Gasteiger partial charge in [-0.15, -0.1) is 0 Å². The molecule has 1 saturated carbocycles. The molecule has 0 radical (unpaired) electrons. The van der Waals surface area contributed by atoms with Crippen LogP contribution in [0.25, 0.3) is 0 Å². The molecule has 2 nitrogen and oxygen atoms in total. The average molecular weight is 295 g/mol. The van der Waals surface area contributed by atoms with E-state index in [0.717, 1.165) is 22.1 Å². The van der Waals surface area contributed by atoms with Crippen molar-refractivity contribution in [3.05, 3.63) is 22.7 Å². The van der Waals surface area contributed by atoms with E-state index in [1.807, 2.05) is 12.1 Å². The van der Waals surface area contributed by atoms with Crippen LogP contribution < -0.4 is 10.6 Å². The van der Waals surface area contributed by atoms with Gasteiger partial charge in [-0.05, 0) is 43.4 Å². The van der Waals surface area contributed by atoms with Gasteiger partial charge in [-0.25, -0.2) is 0 Å². The summed E-state index contributed by atoms with van der Waals surface area (Å²) in [4.78, 5) is 2.55. The van der Waals surface area contributed by atoms with E-state index >= 15 is 0 Å². The van der Waals surface area contributed by atoms with Crippen LogP contribution in [0.4, 0.5) is 11.4 Å². The summed E-state index contributed by atoms with van der Waals surface area (Å²) in [6.45, 7) is 1.18. The second-order valence-electron chi connectivity index (χ2n) is 5.30. The molecule has 2 unspecified atom stereocenters. The third kappa shape index (κ3) is 2.05. The summed E-state index contributed by atoms with van der Waals surface area (Å²) in [5, 5.41) is 0. The van der Waals surface area contributed by atoms with E-state index in [1.165, 1.54) is 44.3 Å². The minimum atomic E-state index is 0.736. The van der Waals surface area contributed by atoms with Crippen molar-refractivity contribution in [1.29, 1.82) is 0 Å². The van der Waals surface area contributed by atoms with Crippen molar-refractivity contribution in [3.63, 3.8) is 0 Å². The predicted molar refractivity (Wildman–Crippen MR) is 76.3 cm³/mol. The molecule has 1 heterocycles. The molecule has 2 N–H and O–H groups in total. The SMILES string of the molecule is Nc1ccc(Br)cc1N1CCC2CCCCC21. The van der Waals surface area contributed by atoms with Crippen LogP contribution in [0.1, 0.15) is 32.1 Å². The number of fused-ring (bicyclic) bond motifs is 1. The second-order valence-corrected chi connectivity index (χ2v) is 6.21. The number of hydrogen-bond acceptors (Lipinski definition) is 2. The van der Waals surface area contributed by atoms with Gasteiger partial charge in [0, 0.05) is 17.1 Å². The molecule has 0 aromatic heterocycles. The zero-order valence-corrected chi connectivity index (χ0v) is 11.6. The first-order chi connectivity index (χ1) is 8.25. The van der Waals surface area contributed by atoms with Gasteiger partial charge in [0.05, 0.1) is 11.4 Å². The Balaban J connectivity index is 1.91.